The molecule has 0 spiro atoms. The summed E-state index contributed by atoms with van der Waals surface area (Å²) >= 11 is 0. The third-order valence-corrected chi connectivity index (χ3v) is 1.31. The highest BCUT2D eigenvalue weighted by atomic mass is 16.9. The number of hydrogen-bond acceptors (Lipinski definition) is 6. The number of carbonyl (C=O) groups excluding carboxylic acids is 2. The molecular formula is C6H10N2O4. The normalized spacial score (nSPS) is 18.8. The van der Waals surface area contributed by atoms with Gasteiger partial charge in [-0.1, -0.05) is 13.3 Å². The van der Waals surface area contributed by atoms with Crippen molar-refractivity contribution in [3.63, 3.8) is 0 Å². The highest BCUT2D eigenvalue weighted by Gasteiger charge is 2.28. The molecule has 1 N–H and O–H groups in total. The number of hydrazine groups is 1. The molecule has 0 bridgehead atoms. The molecule has 6 nitrogen and oxygen atoms in total. The number of nitrogens with zero attached hydrogens (tertiary/aromatic N) is 1. The lowest BCUT2D eigenvalue weighted by molar-refractivity contribution is -0.279. The Morgan fingerprint density at radius 3 is 2.75 bits per heavy atom. The Hall–Kier alpha value is -1.14. The molecule has 0 aliphatic carbocycles. The molecule has 1 aliphatic rings. The fraction of sp³-hybridized carbons (Fsp3) is 0.667. The van der Waals surface area contributed by atoms with Crippen LogP contribution in [0.5, 0.6) is 0 Å². The van der Waals surface area contributed by atoms with Gasteiger partial charge in [-0.3, -0.25) is 0 Å². The Kier molecular flexibility index (Phi) is 3.01. The van der Waals surface area contributed by atoms with Gasteiger partial charge < -0.3 is 9.68 Å². The monoisotopic (exact) mass is 174 g/mol. The van der Waals surface area contributed by atoms with E-state index in [-0.39, 0.29) is 0 Å². The van der Waals surface area contributed by atoms with Crippen LogP contribution in [-0.2, 0) is 19.3 Å². The first-order chi connectivity index (χ1) is 5.74. The quantitative estimate of drug-likeness (QED) is 0.583. The number of nitrogens with one attached hydrogen (secondary N) is 1. The van der Waals surface area contributed by atoms with Gasteiger partial charge in [-0.05, 0) is 17.2 Å². The molecule has 1 saturated heterocycles. The molecule has 0 aromatic carbocycles. The molecule has 1 fully saturated rings. The van der Waals surface area contributed by atoms with E-state index in [1.54, 1.807) is 0 Å². The maximum Gasteiger partial charge on any atom is 0.439 e. The van der Waals surface area contributed by atoms with Crippen LogP contribution < -0.4 is 5.59 Å². The number of rotatable bonds is 3. The van der Waals surface area contributed by atoms with Gasteiger partial charge in [0.05, 0.1) is 6.54 Å². The highest BCUT2D eigenvalue weighted by molar-refractivity contribution is 6.29. The van der Waals surface area contributed by atoms with E-state index in [2.05, 4.69) is 15.3 Å². The first-order valence-electron chi connectivity index (χ1n) is 3.70. The van der Waals surface area contributed by atoms with Crippen molar-refractivity contribution >= 4 is 11.9 Å². The zero-order chi connectivity index (χ0) is 8.97. The molecule has 0 amide bonds. The predicted molar refractivity (Wildman–Crippen MR) is 36.9 cm³/mol. The Bertz CT molecular complexity index is 194. The van der Waals surface area contributed by atoms with Gasteiger partial charge in [-0.25, -0.2) is 9.59 Å². The Labute approximate surface area is 69.3 Å². The smallest absolute Gasteiger partial charge is 0.343 e. The second-order valence-electron chi connectivity index (χ2n) is 2.32. The van der Waals surface area contributed by atoms with Crippen LogP contribution in [0, 0.1) is 0 Å². The summed E-state index contributed by atoms with van der Waals surface area (Å²) < 4.78 is 0. The van der Waals surface area contributed by atoms with Gasteiger partial charge in [0.2, 0.25) is 0 Å². The maximum absolute atomic E-state index is 10.6. The lowest BCUT2D eigenvalue weighted by Crippen LogP contribution is -2.49. The van der Waals surface area contributed by atoms with Gasteiger partial charge in [-0.15, -0.1) is 0 Å². The van der Waals surface area contributed by atoms with Crippen LogP contribution in [0.3, 0.4) is 0 Å². The van der Waals surface area contributed by atoms with Gasteiger partial charge >= 0.3 is 11.9 Å². The molecule has 0 aromatic rings. The minimum Gasteiger partial charge on any atom is -0.343 e. The van der Waals surface area contributed by atoms with E-state index in [1.807, 2.05) is 6.92 Å². The lowest BCUT2D eigenvalue weighted by Gasteiger charge is -2.23. The number of carbonyl (C=O) groups is 2. The predicted octanol–water partition coefficient (Wildman–Crippen LogP) is -0.477. The molecule has 6 heteroatoms. The van der Waals surface area contributed by atoms with Crippen molar-refractivity contribution < 1.29 is 19.3 Å². The van der Waals surface area contributed by atoms with E-state index in [4.69, 9.17) is 0 Å². The van der Waals surface area contributed by atoms with Gasteiger partial charge in [0, 0.05) is 0 Å². The van der Waals surface area contributed by atoms with Gasteiger partial charge in [-0.2, -0.15) is 0 Å². The molecule has 0 aromatic heterocycles. The molecule has 1 rings (SSSR count). The first-order valence-corrected chi connectivity index (χ1v) is 3.70. The van der Waals surface area contributed by atoms with Crippen molar-refractivity contribution in [2.24, 2.45) is 0 Å². The van der Waals surface area contributed by atoms with Crippen LogP contribution >= 0.6 is 0 Å². The zero-order valence-corrected chi connectivity index (χ0v) is 6.70. The topological polar surface area (TPSA) is 67.9 Å². The van der Waals surface area contributed by atoms with Crippen molar-refractivity contribution in [2.75, 3.05) is 6.54 Å². The van der Waals surface area contributed by atoms with E-state index in [9.17, 15) is 9.59 Å². The number of unbranched alkanes of at least 4 members (excludes halogenated alkanes) is 1. The average Bonchev–Trinajstić information content (AvgIpc) is 2.07. The summed E-state index contributed by atoms with van der Waals surface area (Å²) in [5.41, 5.74) is 2.17. The Morgan fingerprint density at radius 1 is 1.42 bits per heavy atom. The average molecular weight is 174 g/mol. The summed E-state index contributed by atoms with van der Waals surface area (Å²) in [7, 11) is 0. The molecule has 0 radical (unpaired) electrons. The van der Waals surface area contributed by atoms with Crippen molar-refractivity contribution in [3.05, 3.63) is 0 Å². The van der Waals surface area contributed by atoms with Gasteiger partial charge in [0.15, 0.2) is 0 Å². The zero-order valence-electron chi connectivity index (χ0n) is 6.70. The van der Waals surface area contributed by atoms with Gasteiger partial charge in [0.1, 0.15) is 0 Å². The standard InChI is InChI=1S/C6H10N2O4/c1-2-3-4-8-7-11-5(9)6(10)12-8/h7H,2-4H2,1H3. The fourth-order valence-electron chi connectivity index (χ4n) is 0.683. The van der Waals surface area contributed by atoms with E-state index in [1.165, 1.54) is 0 Å². The highest BCUT2D eigenvalue weighted by Crippen LogP contribution is 1.98. The van der Waals surface area contributed by atoms with Crippen LogP contribution in [0.4, 0.5) is 0 Å². The summed E-state index contributed by atoms with van der Waals surface area (Å²) in [6.07, 6.45) is 1.81. The Balaban J connectivity index is 2.30. The molecule has 1 heterocycles. The fourth-order valence-corrected chi connectivity index (χ4v) is 0.683. The summed E-state index contributed by atoms with van der Waals surface area (Å²) in [6, 6.07) is 0. The van der Waals surface area contributed by atoms with Gasteiger partial charge in [0.25, 0.3) is 0 Å². The largest absolute Gasteiger partial charge is 0.439 e. The molecule has 68 valence electrons. The number of hydroxylamine groups is 1. The summed E-state index contributed by atoms with van der Waals surface area (Å²) in [5, 5.41) is 1.09. The minimum absolute atomic E-state index is 0.496. The summed E-state index contributed by atoms with van der Waals surface area (Å²) in [4.78, 5) is 29.8. The molecular weight excluding hydrogens is 164 g/mol. The van der Waals surface area contributed by atoms with Crippen molar-refractivity contribution in [2.45, 2.75) is 19.8 Å². The molecule has 0 atom stereocenters. The first kappa shape index (κ1) is 8.95. The van der Waals surface area contributed by atoms with Crippen LogP contribution in [0.25, 0.3) is 0 Å². The molecule has 0 unspecified atom stereocenters. The summed E-state index contributed by atoms with van der Waals surface area (Å²) in [5.74, 6) is -2.02. The van der Waals surface area contributed by atoms with Crippen molar-refractivity contribution in [1.29, 1.82) is 0 Å². The molecule has 0 saturated carbocycles. The van der Waals surface area contributed by atoms with E-state index >= 15 is 0 Å². The van der Waals surface area contributed by atoms with Crippen LogP contribution in [0.1, 0.15) is 19.8 Å². The third-order valence-electron chi connectivity index (χ3n) is 1.31. The summed E-state index contributed by atoms with van der Waals surface area (Å²) in [6.45, 7) is 2.49. The van der Waals surface area contributed by atoms with Crippen molar-refractivity contribution in [1.82, 2.24) is 10.8 Å². The van der Waals surface area contributed by atoms with E-state index < -0.39 is 11.9 Å². The molecule has 12 heavy (non-hydrogen) atoms. The third kappa shape index (κ3) is 2.18. The van der Waals surface area contributed by atoms with E-state index in [0.717, 1.165) is 18.0 Å². The van der Waals surface area contributed by atoms with Crippen LogP contribution in [0.15, 0.2) is 0 Å². The second-order valence-corrected chi connectivity index (χ2v) is 2.32. The van der Waals surface area contributed by atoms with E-state index in [0.29, 0.717) is 6.54 Å². The molecule has 1 aliphatic heterocycles. The van der Waals surface area contributed by atoms with Crippen molar-refractivity contribution in [3.8, 4) is 0 Å². The Morgan fingerprint density at radius 2 is 2.17 bits per heavy atom. The maximum atomic E-state index is 10.6. The second kappa shape index (κ2) is 4.03. The minimum atomic E-state index is -1.03. The lowest BCUT2D eigenvalue weighted by atomic mass is 10.3. The SMILES string of the molecule is CCCCN1NOC(=O)C(=O)O1. The van der Waals surface area contributed by atoms with Crippen LogP contribution in [-0.4, -0.2) is 23.7 Å². The number of hydrogen-bond donors (Lipinski definition) is 1. The van der Waals surface area contributed by atoms with Crippen LogP contribution in [0.2, 0.25) is 0 Å².